The molecular formula is C12H14IN3OS. The third-order valence-corrected chi connectivity index (χ3v) is 4.48. The van der Waals surface area contributed by atoms with Crippen molar-refractivity contribution < 1.29 is 0 Å². The van der Waals surface area contributed by atoms with Gasteiger partial charge in [-0.15, -0.1) is 11.3 Å². The van der Waals surface area contributed by atoms with Gasteiger partial charge in [-0.2, -0.15) is 0 Å². The third kappa shape index (κ3) is 2.97. The van der Waals surface area contributed by atoms with E-state index in [1.165, 1.54) is 0 Å². The van der Waals surface area contributed by atoms with Gasteiger partial charge in [-0.1, -0.05) is 13.8 Å². The first-order valence-electron chi connectivity index (χ1n) is 5.67. The average Bonchev–Trinajstić information content (AvgIpc) is 2.68. The van der Waals surface area contributed by atoms with Gasteiger partial charge in [0.2, 0.25) is 0 Å². The summed E-state index contributed by atoms with van der Waals surface area (Å²) in [5.41, 5.74) is 1.81. The highest BCUT2D eigenvalue weighted by atomic mass is 127. The van der Waals surface area contributed by atoms with Gasteiger partial charge in [-0.25, -0.2) is 9.97 Å². The van der Waals surface area contributed by atoms with Crippen LogP contribution in [0.4, 0.5) is 0 Å². The number of H-pyrrole nitrogens is 1. The van der Waals surface area contributed by atoms with Crippen LogP contribution in [0.1, 0.15) is 42.0 Å². The van der Waals surface area contributed by atoms with Crippen molar-refractivity contribution in [2.45, 2.75) is 33.1 Å². The maximum atomic E-state index is 11.8. The second-order valence-corrected chi connectivity index (χ2v) is 6.45. The Labute approximate surface area is 123 Å². The summed E-state index contributed by atoms with van der Waals surface area (Å²) in [7, 11) is 0. The van der Waals surface area contributed by atoms with Crippen molar-refractivity contribution in [2.75, 3.05) is 0 Å². The van der Waals surface area contributed by atoms with Gasteiger partial charge in [0.15, 0.2) is 0 Å². The van der Waals surface area contributed by atoms with Crippen molar-refractivity contribution in [1.29, 1.82) is 0 Å². The molecule has 0 fully saturated rings. The van der Waals surface area contributed by atoms with Crippen LogP contribution in [0.2, 0.25) is 0 Å². The van der Waals surface area contributed by atoms with Crippen molar-refractivity contribution in [3.05, 3.63) is 41.5 Å². The molecule has 2 aromatic heterocycles. The van der Waals surface area contributed by atoms with Crippen LogP contribution in [0.15, 0.2) is 10.2 Å². The monoisotopic (exact) mass is 375 g/mol. The van der Waals surface area contributed by atoms with Crippen molar-refractivity contribution in [1.82, 2.24) is 15.0 Å². The van der Waals surface area contributed by atoms with Gasteiger partial charge < -0.3 is 4.98 Å². The largest absolute Gasteiger partial charge is 0.309 e. The molecule has 2 heterocycles. The summed E-state index contributed by atoms with van der Waals surface area (Å²) in [5, 5.41) is 2.98. The zero-order chi connectivity index (χ0) is 13.3. The van der Waals surface area contributed by atoms with Crippen molar-refractivity contribution in [2.24, 2.45) is 0 Å². The Balaban J connectivity index is 2.37. The normalized spacial score (nSPS) is 11.2. The van der Waals surface area contributed by atoms with E-state index in [2.05, 4.69) is 37.5 Å². The standard InChI is InChI=1S/C12H14IN3OS/c1-6(2)11-10(13)12(17)16-8(15-11)4-9-14-7(3)5-18-9/h5-6H,4H2,1-3H3,(H,15,16,17). The van der Waals surface area contributed by atoms with Crippen LogP contribution in [-0.4, -0.2) is 15.0 Å². The Morgan fingerprint density at radius 1 is 1.44 bits per heavy atom. The number of aromatic amines is 1. The molecule has 2 rings (SSSR count). The molecule has 0 aliphatic heterocycles. The Kier molecular flexibility index (Phi) is 4.16. The number of rotatable bonds is 3. The topological polar surface area (TPSA) is 58.6 Å². The fourth-order valence-electron chi connectivity index (χ4n) is 1.62. The molecule has 0 atom stereocenters. The van der Waals surface area contributed by atoms with Crippen molar-refractivity contribution in [3.8, 4) is 0 Å². The second-order valence-electron chi connectivity index (χ2n) is 4.43. The maximum absolute atomic E-state index is 11.8. The minimum absolute atomic E-state index is 0.0578. The number of thiazole rings is 1. The second kappa shape index (κ2) is 5.48. The highest BCUT2D eigenvalue weighted by Gasteiger charge is 2.13. The van der Waals surface area contributed by atoms with E-state index in [0.29, 0.717) is 15.8 Å². The average molecular weight is 375 g/mol. The number of aromatic nitrogens is 3. The third-order valence-electron chi connectivity index (χ3n) is 2.47. The summed E-state index contributed by atoms with van der Waals surface area (Å²) in [5.74, 6) is 0.939. The van der Waals surface area contributed by atoms with Crippen molar-refractivity contribution >= 4 is 33.9 Å². The van der Waals surface area contributed by atoms with E-state index >= 15 is 0 Å². The van der Waals surface area contributed by atoms with Crippen molar-refractivity contribution in [3.63, 3.8) is 0 Å². The number of nitrogens with one attached hydrogen (secondary N) is 1. The summed E-state index contributed by atoms with van der Waals surface area (Å²) < 4.78 is 0.682. The fourth-order valence-corrected chi connectivity index (χ4v) is 3.27. The first-order valence-corrected chi connectivity index (χ1v) is 7.62. The molecule has 0 aromatic carbocycles. The molecule has 0 bridgehead atoms. The molecule has 0 spiro atoms. The van der Waals surface area contributed by atoms with E-state index in [0.717, 1.165) is 16.4 Å². The predicted molar refractivity (Wildman–Crippen MR) is 81.3 cm³/mol. The summed E-state index contributed by atoms with van der Waals surface area (Å²) in [6.07, 6.45) is 0.588. The summed E-state index contributed by atoms with van der Waals surface area (Å²) >= 11 is 3.65. The van der Waals surface area contributed by atoms with Crippen LogP contribution in [0, 0.1) is 10.5 Å². The summed E-state index contributed by atoms with van der Waals surface area (Å²) in [4.78, 5) is 23.6. The number of hydrogen-bond donors (Lipinski definition) is 1. The molecule has 0 radical (unpaired) electrons. The van der Waals surface area contributed by atoms with Crippen LogP contribution in [0.5, 0.6) is 0 Å². The van der Waals surface area contributed by atoms with Gasteiger partial charge in [0.1, 0.15) is 10.8 Å². The minimum Gasteiger partial charge on any atom is -0.309 e. The predicted octanol–water partition coefficient (Wildman–Crippen LogP) is 2.85. The lowest BCUT2D eigenvalue weighted by molar-refractivity contribution is 0.773. The lowest BCUT2D eigenvalue weighted by Crippen LogP contribution is -2.19. The molecule has 0 aliphatic rings. The van der Waals surface area contributed by atoms with E-state index < -0.39 is 0 Å². The van der Waals surface area contributed by atoms with E-state index in [1.807, 2.05) is 26.2 Å². The number of aryl methyl sites for hydroxylation is 1. The highest BCUT2D eigenvalue weighted by Crippen LogP contribution is 2.17. The molecule has 6 heteroatoms. The van der Waals surface area contributed by atoms with E-state index in [1.54, 1.807) is 11.3 Å². The molecule has 0 unspecified atom stereocenters. The number of hydrogen-bond acceptors (Lipinski definition) is 4. The molecule has 96 valence electrons. The molecule has 2 aromatic rings. The maximum Gasteiger partial charge on any atom is 0.264 e. The Morgan fingerprint density at radius 2 is 2.17 bits per heavy atom. The van der Waals surface area contributed by atoms with Gasteiger partial charge in [-0.3, -0.25) is 4.79 Å². The highest BCUT2D eigenvalue weighted by molar-refractivity contribution is 14.1. The molecule has 1 N–H and O–H groups in total. The molecule has 0 amide bonds. The smallest absolute Gasteiger partial charge is 0.264 e. The summed E-state index contributed by atoms with van der Waals surface area (Å²) in [6.45, 7) is 6.05. The number of halogens is 1. The fraction of sp³-hybridized carbons (Fsp3) is 0.417. The summed E-state index contributed by atoms with van der Waals surface area (Å²) in [6, 6.07) is 0. The van der Waals surface area contributed by atoms with Gasteiger partial charge in [0.05, 0.1) is 15.7 Å². The minimum atomic E-state index is -0.0578. The zero-order valence-corrected chi connectivity index (χ0v) is 13.4. The molecule has 0 aliphatic carbocycles. The zero-order valence-electron chi connectivity index (χ0n) is 10.5. The Bertz CT molecular complexity index is 618. The van der Waals surface area contributed by atoms with E-state index in [4.69, 9.17) is 0 Å². The van der Waals surface area contributed by atoms with Gasteiger partial charge in [-0.05, 0) is 35.4 Å². The molecule has 18 heavy (non-hydrogen) atoms. The molecule has 0 saturated carbocycles. The van der Waals surface area contributed by atoms with E-state index in [9.17, 15) is 4.79 Å². The van der Waals surface area contributed by atoms with Gasteiger partial charge in [0, 0.05) is 11.1 Å². The first kappa shape index (κ1) is 13.7. The van der Waals surface area contributed by atoms with E-state index in [-0.39, 0.29) is 11.5 Å². The quantitative estimate of drug-likeness (QED) is 0.840. The molecule has 0 saturated heterocycles. The Morgan fingerprint density at radius 3 is 2.72 bits per heavy atom. The SMILES string of the molecule is Cc1csc(Cc2nc(C(C)C)c(I)c(=O)[nH]2)n1. The van der Waals surface area contributed by atoms with Gasteiger partial charge in [0.25, 0.3) is 5.56 Å². The van der Waals surface area contributed by atoms with Crippen LogP contribution in [-0.2, 0) is 6.42 Å². The van der Waals surface area contributed by atoms with Crippen LogP contribution in [0.25, 0.3) is 0 Å². The van der Waals surface area contributed by atoms with Crippen LogP contribution < -0.4 is 5.56 Å². The lowest BCUT2D eigenvalue weighted by Gasteiger charge is -2.08. The number of nitrogens with zero attached hydrogens (tertiary/aromatic N) is 2. The lowest BCUT2D eigenvalue weighted by atomic mass is 10.1. The van der Waals surface area contributed by atoms with Crippen LogP contribution >= 0.6 is 33.9 Å². The molecule has 4 nitrogen and oxygen atoms in total. The first-order chi connectivity index (χ1) is 8.47. The Hall–Kier alpha value is -0.760. The molecular weight excluding hydrogens is 361 g/mol. The van der Waals surface area contributed by atoms with Crippen LogP contribution in [0.3, 0.4) is 0 Å². The van der Waals surface area contributed by atoms with Gasteiger partial charge >= 0.3 is 0 Å².